The molecule has 2 rings (SSSR count). The fourth-order valence-electron chi connectivity index (χ4n) is 3.17. The van der Waals surface area contributed by atoms with Gasteiger partial charge in [0.25, 0.3) is 0 Å². The molecule has 1 fully saturated rings. The predicted octanol–water partition coefficient (Wildman–Crippen LogP) is 3.16. The van der Waals surface area contributed by atoms with Crippen LogP contribution in [0.1, 0.15) is 53.0 Å². The van der Waals surface area contributed by atoms with E-state index in [0.717, 1.165) is 23.6 Å². The smallest absolute Gasteiger partial charge is 0.236 e. The highest BCUT2D eigenvalue weighted by molar-refractivity contribution is 5.78. The third-order valence-electron chi connectivity index (χ3n) is 4.64. The standard InChI is InChI=1S/C17H24N6O.C3H8O.C2H6/c1-5-13-16(19-3)20-11-21-17(13)22(4)14-10-23(9-7-12(14)2)15(24)6-8-18;1-3(2)4;1-2/h5,11-12,14H,1,6-7,9-10H2,2-4H3,(H,19,20,21);3-4H,1-2H3;1-2H3/t12-,14+;;/m1../s1. The molecule has 1 aliphatic heterocycles. The number of rotatable bonds is 5. The van der Waals surface area contributed by atoms with Gasteiger partial charge in [-0.2, -0.15) is 5.26 Å². The molecule has 30 heavy (non-hydrogen) atoms. The van der Waals surface area contributed by atoms with Crippen LogP contribution in [0.25, 0.3) is 6.08 Å². The van der Waals surface area contributed by atoms with E-state index in [1.165, 1.54) is 6.33 Å². The molecule has 0 aliphatic carbocycles. The summed E-state index contributed by atoms with van der Waals surface area (Å²) >= 11 is 0. The fraction of sp³-hybridized carbons (Fsp3) is 0.636. The van der Waals surface area contributed by atoms with Gasteiger partial charge in [-0.3, -0.25) is 4.79 Å². The van der Waals surface area contributed by atoms with Crippen LogP contribution in [0.15, 0.2) is 12.9 Å². The first-order chi connectivity index (χ1) is 14.3. The molecule has 1 aromatic rings. The number of aliphatic hydroxyl groups excluding tert-OH is 1. The van der Waals surface area contributed by atoms with Crippen molar-refractivity contribution in [3.63, 3.8) is 0 Å². The van der Waals surface area contributed by atoms with Crippen molar-refractivity contribution < 1.29 is 9.90 Å². The molecule has 0 spiro atoms. The molecule has 1 saturated heterocycles. The van der Waals surface area contributed by atoms with E-state index in [4.69, 9.17) is 10.4 Å². The molecule has 0 radical (unpaired) electrons. The summed E-state index contributed by atoms with van der Waals surface area (Å²) < 4.78 is 0. The number of aliphatic hydroxyl groups is 1. The molecule has 1 aliphatic rings. The van der Waals surface area contributed by atoms with E-state index >= 15 is 0 Å². The summed E-state index contributed by atoms with van der Waals surface area (Å²) in [6.45, 7) is 14.8. The number of carbonyl (C=O) groups excluding carboxylic acids is 1. The number of likely N-dealkylation sites (N-methyl/N-ethyl adjacent to an activating group) is 1. The average Bonchev–Trinajstić information content (AvgIpc) is 2.74. The number of hydrogen-bond acceptors (Lipinski definition) is 7. The quantitative estimate of drug-likeness (QED) is 0.756. The Balaban J connectivity index is 0.00000125. The highest BCUT2D eigenvalue weighted by atomic mass is 16.3. The van der Waals surface area contributed by atoms with Crippen LogP contribution in [0.4, 0.5) is 11.6 Å². The summed E-state index contributed by atoms with van der Waals surface area (Å²) in [6.07, 6.45) is 3.93. The molecular weight excluding hydrogens is 380 g/mol. The minimum absolute atomic E-state index is 0.0693. The number of nitriles is 1. The van der Waals surface area contributed by atoms with Gasteiger partial charge in [0.15, 0.2) is 0 Å². The van der Waals surface area contributed by atoms with Crippen molar-refractivity contribution >= 4 is 23.6 Å². The zero-order valence-corrected chi connectivity index (χ0v) is 19.5. The third kappa shape index (κ3) is 7.99. The fourth-order valence-corrected chi connectivity index (χ4v) is 3.17. The molecule has 168 valence electrons. The molecule has 8 nitrogen and oxygen atoms in total. The van der Waals surface area contributed by atoms with E-state index < -0.39 is 0 Å². The number of piperidine rings is 1. The van der Waals surface area contributed by atoms with Crippen molar-refractivity contribution in [2.45, 2.75) is 59.6 Å². The van der Waals surface area contributed by atoms with Crippen molar-refractivity contribution in [2.24, 2.45) is 5.92 Å². The molecule has 2 heterocycles. The number of hydrogen-bond donors (Lipinski definition) is 2. The van der Waals surface area contributed by atoms with Crippen LogP contribution in [-0.2, 0) is 4.79 Å². The van der Waals surface area contributed by atoms with Crippen molar-refractivity contribution in [3.8, 4) is 6.07 Å². The van der Waals surface area contributed by atoms with Gasteiger partial charge in [0.2, 0.25) is 5.91 Å². The van der Waals surface area contributed by atoms with E-state index in [2.05, 4.69) is 33.7 Å². The first-order valence-corrected chi connectivity index (χ1v) is 10.5. The van der Waals surface area contributed by atoms with Crippen LogP contribution in [0.3, 0.4) is 0 Å². The Morgan fingerprint density at radius 3 is 2.60 bits per heavy atom. The SMILES string of the molecule is C=Cc1c(NC)ncnc1N(C)[C@H]1CN(C(=O)CC#N)CC[C@H]1C.CC.CC(C)O. The number of nitrogens with zero attached hydrogens (tertiary/aromatic N) is 5. The van der Waals surface area contributed by atoms with E-state index in [-0.39, 0.29) is 24.5 Å². The van der Waals surface area contributed by atoms with Crippen LogP contribution in [0.2, 0.25) is 0 Å². The lowest BCUT2D eigenvalue weighted by Crippen LogP contribution is -2.53. The first-order valence-electron chi connectivity index (χ1n) is 10.5. The van der Waals surface area contributed by atoms with Crippen molar-refractivity contribution in [1.82, 2.24) is 14.9 Å². The average molecular weight is 419 g/mol. The Kier molecular flexibility index (Phi) is 13.1. The molecule has 8 heteroatoms. The monoisotopic (exact) mass is 418 g/mol. The number of likely N-dealkylation sites (tertiary alicyclic amines) is 1. The largest absolute Gasteiger partial charge is 0.394 e. The van der Waals surface area contributed by atoms with E-state index in [0.29, 0.717) is 19.0 Å². The molecule has 0 bridgehead atoms. The van der Waals surface area contributed by atoms with Crippen molar-refractivity contribution in [1.29, 1.82) is 5.26 Å². The summed E-state index contributed by atoms with van der Waals surface area (Å²) in [5, 5.41) is 19.9. The topological polar surface area (TPSA) is 105 Å². The minimum Gasteiger partial charge on any atom is -0.394 e. The molecule has 2 N–H and O–H groups in total. The van der Waals surface area contributed by atoms with Crippen LogP contribution in [0.5, 0.6) is 0 Å². The molecule has 0 saturated carbocycles. The van der Waals surface area contributed by atoms with Gasteiger partial charge in [-0.1, -0.05) is 33.4 Å². The van der Waals surface area contributed by atoms with Crippen molar-refractivity contribution in [2.75, 3.05) is 37.4 Å². The zero-order valence-electron chi connectivity index (χ0n) is 19.5. The number of carbonyl (C=O) groups is 1. The van der Waals surface area contributed by atoms with Gasteiger partial charge < -0.3 is 20.2 Å². The Hall–Kier alpha value is -2.66. The van der Waals surface area contributed by atoms with E-state index in [9.17, 15) is 4.79 Å². The van der Waals surface area contributed by atoms with Crippen LogP contribution in [-0.4, -0.2) is 65.2 Å². The van der Waals surface area contributed by atoms with Crippen LogP contribution < -0.4 is 10.2 Å². The Morgan fingerprint density at radius 2 is 2.10 bits per heavy atom. The Morgan fingerprint density at radius 1 is 1.50 bits per heavy atom. The second-order valence-electron chi connectivity index (χ2n) is 7.13. The lowest BCUT2D eigenvalue weighted by atomic mass is 9.92. The van der Waals surface area contributed by atoms with Gasteiger partial charge >= 0.3 is 0 Å². The zero-order chi connectivity index (χ0) is 23.3. The summed E-state index contributed by atoms with van der Waals surface area (Å²) in [5.41, 5.74) is 0.843. The summed E-state index contributed by atoms with van der Waals surface area (Å²) in [6, 6.07) is 2.06. The Labute approximate surface area is 181 Å². The van der Waals surface area contributed by atoms with Gasteiger partial charge in [0, 0.05) is 33.3 Å². The molecule has 1 amide bonds. The summed E-state index contributed by atoms with van der Waals surface area (Å²) in [4.78, 5) is 24.6. The maximum absolute atomic E-state index is 12.1. The normalized spacial score (nSPS) is 17.5. The number of amides is 1. The molecule has 1 aromatic heterocycles. The molecule has 0 aromatic carbocycles. The Bertz CT molecular complexity index is 699. The van der Waals surface area contributed by atoms with Gasteiger partial charge in [-0.25, -0.2) is 9.97 Å². The maximum Gasteiger partial charge on any atom is 0.236 e. The predicted molar refractivity (Wildman–Crippen MR) is 123 cm³/mol. The number of aromatic nitrogens is 2. The van der Waals surface area contributed by atoms with E-state index in [1.807, 2.05) is 34.0 Å². The van der Waals surface area contributed by atoms with Gasteiger partial charge in [-0.15, -0.1) is 0 Å². The van der Waals surface area contributed by atoms with Gasteiger partial charge in [0.05, 0.1) is 17.7 Å². The van der Waals surface area contributed by atoms with Crippen molar-refractivity contribution in [3.05, 3.63) is 18.5 Å². The summed E-state index contributed by atoms with van der Waals surface area (Å²) in [5.74, 6) is 1.82. The number of anilines is 2. The van der Waals surface area contributed by atoms with E-state index in [1.54, 1.807) is 24.8 Å². The lowest BCUT2D eigenvalue weighted by Gasteiger charge is -2.42. The third-order valence-corrected chi connectivity index (χ3v) is 4.64. The second-order valence-corrected chi connectivity index (χ2v) is 7.13. The molecule has 0 unspecified atom stereocenters. The minimum atomic E-state index is -0.167. The van der Waals surface area contributed by atoms with Crippen LogP contribution >= 0.6 is 0 Å². The molecular formula is C22H38N6O2. The summed E-state index contributed by atoms with van der Waals surface area (Å²) in [7, 11) is 3.79. The first kappa shape index (κ1) is 27.3. The van der Waals surface area contributed by atoms with Gasteiger partial charge in [-0.05, 0) is 26.2 Å². The molecule has 2 atom stereocenters. The van der Waals surface area contributed by atoms with Crippen LogP contribution in [0, 0.1) is 17.2 Å². The highest BCUT2D eigenvalue weighted by Crippen LogP contribution is 2.29. The highest BCUT2D eigenvalue weighted by Gasteiger charge is 2.32. The lowest BCUT2D eigenvalue weighted by molar-refractivity contribution is -0.131. The second kappa shape index (κ2) is 14.3. The maximum atomic E-state index is 12.1. The van der Waals surface area contributed by atoms with Gasteiger partial charge in [0.1, 0.15) is 24.4 Å². The number of nitrogens with one attached hydrogen (secondary N) is 1.